The third kappa shape index (κ3) is 6.06. The maximum absolute atomic E-state index is 15.7. The summed E-state index contributed by atoms with van der Waals surface area (Å²) in [7, 11) is -3.12. The second-order valence-corrected chi connectivity index (χ2v) is 13.5. The van der Waals surface area contributed by atoms with E-state index in [0.717, 1.165) is 4.31 Å². The molecule has 2 amide bonds. The van der Waals surface area contributed by atoms with Gasteiger partial charge in [-0.25, -0.2) is 21.9 Å². The fourth-order valence-corrected chi connectivity index (χ4v) is 7.80. The molecular formula is C32H35ClFN3O7S. The van der Waals surface area contributed by atoms with E-state index in [1.807, 2.05) is 13.8 Å². The number of hydrogen-bond acceptors (Lipinski definition) is 7. The summed E-state index contributed by atoms with van der Waals surface area (Å²) in [5.74, 6) is -0.862. The number of piperazine rings is 1. The molecule has 0 radical (unpaired) electrons. The van der Waals surface area contributed by atoms with Crippen LogP contribution in [0.4, 0.5) is 14.9 Å². The van der Waals surface area contributed by atoms with Crippen LogP contribution in [0.1, 0.15) is 37.8 Å². The van der Waals surface area contributed by atoms with Crippen LogP contribution < -0.4 is 13.8 Å². The Balaban J connectivity index is 1.59. The highest BCUT2D eigenvalue weighted by molar-refractivity contribution is 7.93. The van der Waals surface area contributed by atoms with E-state index in [9.17, 15) is 23.1 Å². The molecule has 13 heteroatoms. The molecule has 0 aromatic heterocycles. The fourth-order valence-electron chi connectivity index (χ4n) is 6.09. The highest BCUT2D eigenvalue weighted by Gasteiger charge is 2.57. The average molecular weight is 660 g/mol. The molecule has 240 valence electrons. The van der Waals surface area contributed by atoms with Gasteiger partial charge in [-0.3, -0.25) is 9.69 Å². The number of ether oxygens (including phenoxy) is 2. The van der Waals surface area contributed by atoms with Crippen LogP contribution in [-0.2, 0) is 20.2 Å². The second-order valence-electron chi connectivity index (χ2n) is 11.3. The van der Waals surface area contributed by atoms with Crippen molar-refractivity contribution in [1.82, 2.24) is 9.80 Å². The molecule has 1 unspecified atom stereocenters. The Morgan fingerprint density at radius 2 is 1.71 bits per heavy atom. The Morgan fingerprint density at radius 1 is 1.04 bits per heavy atom. The number of rotatable bonds is 10. The van der Waals surface area contributed by atoms with Gasteiger partial charge in [-0.2, -0.15) is 0 Å². The van der Waals surface area contributed by atoms with Crippen LogP contribution in [0.25, 0.3) is 0 Å². The summed E-state index contributed by atoms with van der Waals surface area (Å²) in [4.78, 5) is 29.4. The van der Waals surface area contributed by atoms with Crippen LogP contribution in [0.15, 0.2) is 65.6 Å². The molecule has 0 bridgehead atoms. The van der Waals surface area contributed by atoms with Gasteiger partial charge in [0.15, 0.2) is 0 Å². The first-order valence-electron chi connectivity index (χ1n) is 14.6. The number of methoxy groups -OCH3 is 1. The minimum absolute atomic E-state index is 0.0297. The Kier molecular flexibility index (Phi) is 9.29. The molecule has 1 atom stereocenters. The van der Waals surface area contributed by atoms with Crippen molar-refractivity contribution < 1.29 is 37.0 Å². The lowest BCUT2D eigenvalue weighted by atomic mass is 9.72. The average Bonchev–Trinajstić information content (AvgIpc) is 3.24. The van der Waals surface area contributed by atoms with E-state index in [0.29, 0.717) is 44.9 Å². The number of nitrogens with zero attached hydrogens (tertiary/aromatic N) is 3. The number of fused-ring (bicyclic) bond motifs is 1. The van der Waals surface area contributed by atoms with Crippen molar-refractivity contribution in [3.8, 4) is 11.5 Å². The van der Waals surface area contributed by atoms with Gasteiger partial charge in [0.25, 0.3) is 15.9 Å². The maximum atomic E-state index is 15.7. The molecule has 5 rings (SSSR count). The van der Waals surface area contributed by atoms with Crippen molar-refractivity contribution in [3.63, 3.8) is 0 Å². The first-order valence-corrected chi connectivity index (χ1v) is 16.4. The van der Waals surface area contributed by atoms with E-state index < -0.39 is 33.3 Å². The number of benzene rings is 3. The quantitative estimate of drug-likeness (QED) is 0.309. The summed E-state index contributed by atoms with van der Waals surface area (Å²) in [5.41, 5.74) is -1.41. The van der Waals surface area contributed by atoms with Gasteiger partial charge in [-0.1, -0.05) is 29.8 Å². The number of anilines is 1. The molecule has 3 aromatic rings. The van der Waals surface area contributed by atoms with Gasteiger partial charge in [0, 0.05) is 37.8 Å². The predicted octanol–water partition coefficient (Wildman–Crippen LogP) is 5.37. The zero-order chi connectivity index (χ0) is 32.5. The van der Waals surface area contributed by atoms with E-state index in [1.165, 1.54) is 66.6 Å². The highest BCUT2D eigenvalue weighted by Crippen LogP contribution is 2.53. The number of carbonyl (C=O) groups excluding carboxylic acids is 1. The Bertz CT molecular complexity index is 1700. The van der Waals surface area contributed by atoms with E-state index in [1.54, 1.807) is 6.07 Å². The number of sulfonamides is 1. The van der Waals surface area contributed by atoms with Crippen LogP contribution in [0, 0.1) is 5.82 Å². The summed E-state index contributed by atoms with van der Waals surface area (Å²) in [6, 6.07) is 14.5. The summed E-state index contributed by atoms with van der Waals surface area (Å²) < 4.78 is 56.1. The topological polar surface area (TPSA) is 117 Å². The minimum Gasteiger partial charge on any atom is -0.495 e. The Hall–Kier alpha value is -3.87. The van der Waals surface area contributed by atoms with Crippen molar-refractivity contribution in [1.29, 1.82) is 0 Å². The molecule has 1 saturated heterocycles. The molecule has 1 N–H and O–H groups in total. The van der Waals surface area contributed by atoms with Gasteiger partial charge in [0.2, 0.25) is 0 Å². The SMILES string of the molecule is COc1cc2c(cc1Cl)C(CCCN1CCN(C(=O)O)CC1)(c1ccccc1F)C(=O)N2S(=O)(=O)c1ccc(OC(C)C)cc1. The van der Waals surface area contributed by atoms with Gasteiger partial charge >= 0.3 is 6.09 Å². The number of carboxylic acid groups (broad SMARTS) is 1. The Labute approximate surface area is 266 Å². The van der Waals surface area contributed by atoms with Crippen LogP contribution in [0.5, 0.6) is 11.5 Å². The van der Waals surface area contributed by atoms with Gasteiger partial charge in [0.05, 0.1) is 28.8 Å². The zero-order valence-electron chi connectivity index (χ0n) is 25.2. The lowest BCUT2D eigenvalue weighted by Crippen LogP contribution is -2.49. The fraction of sp³-hybridized carbons (Fsp3) is 0.375. The lowest BCUT2D eigenvalue weighted by molar-refractivity contribution is -0.121. The van der Waals surface area contributed by atoms with Gasteiger partial charge in [0.1, 0.15) is 22.7 Å². The molecule has 3 aromatic carbocycles. The lowest BCUT2D eigenvalue weighted by Gasteiger charge is -2.34. The third-order valence-electron chi connectivity index (χ3n) is 8.23. The van der Waals surface area contributed by atoms with Crippen molar-refractivity contribution >= 4 is 39.3 Å². The van der Waals surface area contributed by atoms with Crippen LogP contribution in [-0.4, -0.2) is 81.3 Å². The van der Waals surface area contributed by atoms with Crippen molar-refractivity contribution in [2.45, 2.75) is 43.1 Å². The van der Waals surface area contributed by atoms with Gasteiger partial charge in [-0.05, 0) is 75.2 Å². The molecule has 2 aliphatic rings. The van der Waals surface area contributed by atoms with Crippen molar-refractivity contribution in [3.05, 3.63) is 82.6 Å². The van der Waals surface area contributed by atoms with Crippen LogP contribution in [0.3, 0.4) is 0 Å². The van der Waals surface area contributed by atoms with Gasteiger partial charge in [-0.15, -0.1) is 0 Å². The molecule has 0 spiro atoms. The molecule has 45 heavy (non-hydrogen) atoms. The van der Waals surface area contributed by atoms with Gasteiger partial charge < -0.3 is 19.5 Å². The molecule has 0 aliphatic carbocycles. The summed E-state index contributed by atoms with van der Waals surface area (Å²) in [5, 5.41) is 9.43. The second kappa shape index (κ2) is 12.9. The normalized spacial score (nSPS) is 18.8. The minimum atomic E-state index is -4.50. The molecule has 2 heterocycles. The zero-order valence-corrected chi connectivity index (χ0v) is 26.8. The molecule has 1 fully saturated rings. The number of halogens is 2. The predicted molar refractivity (Wildman–Crippen MR) is 167 cm³/mol. The van der Waals surface area contributed by atoms with Crippen LogP contribution in [0.2, 0.25) is 5.02 Å². The standard InChI is InChI=1S/C32H35ClFN3O7S/c1-21(2)44-22-9-11-23(12-10-22)45(41,42)37-28-20-29(43-3)26(33)19-25(28)32(30(37)38,24-7-4-5-8-27(24)34)13-6-14-35-15-17-36(18-16-35)31(39)40/h4-5,7-12,19-21H,6,13-18H2,1-3H3,(H,39,40). The van der Waals surface area contributed by atoms with E-state index in [2.05, 4.69) is 4.90 Å². The van der Waals surface area contributed by atoms with Crippen molar-refractivity contribution in [2.24, 2.45) is 0 Å². The van der Waals surface area contributed by atoms with E-state index in [-0.39, 0.29) is 45.0 Å². The third-order valence-corrected chi connectivity index (χ3v) is 10.2. The smallest absolute Gasteiger partial charge is 0.407 e. The number of amides is 2. The maximum Gasteiger partial charge on any atom is 0.407 e. The summed E-state index contributed by atoms with van der Waals surface area (Å²) in [6.07, 6.45) is -0.656. The van der Waals surface area contributed by atoms with Crippen molar-refractivity contribution in [2.75, 3.05) is 44.1 Å². The number of hydrogen-bond donors (Lipinski definition) is 1. The summed E-state index contributed by atoms with van der Waals surface area (Å²) in [6.45, 7) is 5.88. The molecule has 2 aliphatic heterocycles. The van der Waals surface area contributed by atoms with Crippen LogP contribution >= 0.6 is 11.6 Å². The van der Waals surface area contributed by atoms with E-state index >= 15 is 4.39 Å². The van der Waals surface area contributed by atoms with E-state index in [4.69, 9.17) is 21.1 Å². The molecule has 10 nitrogen and oxygen atoms in total. The highest BCUT2D eigenvalue weighted by atomic mass is 35.5. The number of carbonyl (C=O) groups is 2. The summed E-state index contributed by atoms with van der Waals surface area (Å²) >= 11 is 6.57. The largest absolute Gasteiger partial charge is 0.495 e. The molecular weight excluding hydrogens is 625 g/mol. The first kappa shape index (κ1) is 32.5. The Morgan fingerprint density at radius 3 is 2.31 bits per heavy atom. The molecule has 0 saturated carbocycles. The monoisotopic (exact) mass is 659 g/mol. The first-order chi connectivity index (χ1) is 21.4.